The van der Waals surface area contributed by atoms with Gasteiger partial charge in [0.2, 0.25) is 0 Å². The lowest BCUT2D eigenvalue weighted by Crippen LogP contribution is -2.59. The number of carbonyl (C=O) groups excluding carboxylic acids is 1. The van der Waals surface area contributed by atoms with Crippen molar-refractivity contribution < 1.29 is 31.1 Å². The molecule has 0 spiro atoms. The first-order valence-electron chi connectivity index (χ1n) is 5.20. The van der Waals surface area contributed by atoms with Gasteiger partial charge in [-0.3, -0.25) is 4.79 Å². The fourth-order valence-electron chi connectivity index (χ4n) is 1.16. The lowest BCUT2D eigenvalue weighted by Gasteiger charge is -2.26. The van der Waals surface area contributed by atoms with Crippen LogP contribution in [0.25, 0.3) is 0 Å². The van der Waals surface area contributed by atoms with E-state index >= 15 is 0 Å². The number of nitrogens with two attached hydrogens (primary N) is 1. The molecule has 3 nitrogen and oxygen atoms in total. The van der Waals surface area contributed by atoms with Crippen molar-refractivity contribution in [3.63, 3.8) is 0 Å². The first-order valence-corrected chi connectivity index (χ1v) is 5.20. The molecule has 1 unspecified atom stereocenters. The summed E-state index contributed by atoms with van der Waals surface area (Å²) in [5.41, 5.74) is 0.121. The van der Waals surface area contributed by atoms with E-state index in [-0.39, 0.29) is 0 Å². The fraction of sp³-hybridized carbons (Fsp3) is 0.364. The molecular weight excluding hydrogens is 290 g/mol. The zero-order valence-corrected chi connectivity index (χ0v) is 10.1. The molecule has 0 saturated carbocycles. The molecule has 1 rings (SSSR count). The maximum Gasteiger partial charge on any atom is 0.416 e. The van der Waals surface area contributed by atoms with Crippen molar-refractivity contribution in [3.8, 4) is 0 Å². The molecule has 0 saturated heterocycles. The van der Waals surface area contributed by atoms with Crippen molar-refractivity contribution in [1.29, 1.82) is 0 Å². The molecule has 0 bridgehead atoms. The molecule has 9 heteroatoms. The second kappa shape index (κ2) is 4.97. The molecule has 0 aliphatic carbocycles. The predicted molar refractivity (Wildman–Crippen MR) is 58.7 cm³/mol. The number of hydrogen-bond donors (Lipinski definition) is 2. The van der Waals surface area contributed by atoms with Gasteiger partial charge in [-0.1, -0.05) is 6.07 Å². The third-order valence-corrected chi connectivity index (χ3v) is 2.51. The number of rotatable bonds is 2. The minimum atomic E-state index is -5.03. The quantitative estimate of drug-likeness (QED) is 0.825. The van der Waals surface area contributed by atoms with Crippen LogP contribution >= 0.6 is 0 Å². The molecule has 0 aliphatic rings. The van der Waals surface area contributed by atoms with Gasteiger partial charge in [-0.25, -0.2) is 0 Å². The number of benzene rings is 1. The summed E-state index contributed by atoms with van der Waals surface area (Å²) >= 11 is 0. The molecule has 1 aromatic rings. The summed E-state index contributed by atoms with van der Waals surface area (Å²) in [7, 11) is 0. The Morgan fingerprint density at radius 3 is 2.15 bits per heavy atom. The van der Waals surface area contributed by atoms with Gasteiger partial charge >= 0.3 is 12.4 Å². The molecule has 0 aromatic heterocycles. The standard InChI is InChI=1S/C11H10F6N2O/c1-9(18,11(15,16)17)8(20)19-7-4-2-3-6(5-7)10(12,13)14/h2-5H,18H2,1H3,(H,19,20). The van der Waals surface area contributed by atoms with Crippen LogP contribution in [0.4, 0.5) is 32.0 Å². The van der Waals surface area contributed by atoms with Gasteiger partial charge in [0.05, 0.1) is 5.56 Å². The lowest BCUT2D eigenvalue weighted by atomic mass is 10.0. The Labute approximate surface area is 109 Å². The molecule has 0 heterocycles. The molecule has 0 aliphatic heterocycles. The first kappa shape index (κ1) is 16.3. The highest BCUT2D eigenvalue weighted by molar-refractivity contribution is 5.98. The van der Waals surface area contributed by atoms with E-state index in [1.807, 2.05) is 0 Å². The summed E-state index contributed by atoms with van der Waals surface area (Å²) in [6.45, 7) is 0.427. The predicted octanol–water partition coefficient (Wildman–Crippen LogP) is 2.92. The Morgan fingerprint density at radius 2 is 1.70 bits per heavy atom. The molecular formula is C11H10F6N2O. The average molecular weight is 300 g/mol. The minimum absolute atomic E-state index is 0.425. The highest BCUT2D eigenvalue weighted by atomic mass is 19.4. The Kier molecular flexibility index (Phi) is 4.04. The van der Waals surface area contributed by atoms with E-state index < -0.39 is 35.0 Å². The zero-order chi connectivity index (χ0) is 15.8. The van der Waals surface area contributed by atoms with Gasteiger partial charge < -0.3 is 11.1 Å². The Balaban J connectivity index is 2.98. The molecule has 112 valence electrons. The third kappa shape index (κ3) is 3.41. The van der Waals surface area contributed by atoms with Crippen molar-refractivity contribution in [3.05, 3.63) is 29.8 Å². The van der Waals surface area contributed by atoms with Crippen LogP contribution in [0.2, 0.25) is 0 Å². The normalized spacial score (nSPS) is 15.6. The monoisotopic (exact) mass is 300 g/mol. The minimum Gasteiger partial charge on any atom is -0.324 e. The molecule has 1 atom stereocenters. The van der Waals surface area contributed by atoms with Crippen LogP contribution < -0.4 is 11.1 Å². The van der Waals surface area contributed by atoms with Crippen LogP contribution in [0.1, 0.15) is 12.5 Å². The van der Waals surface area contributed by atoms with E-state index in [4.69, 9.17) is 5.73 Å². The SMILES string of the molecule is CC(N)(C(=O)Nc1cccc(C(F)(F)F)c1)C(F)(F)F. The maximum atomic E-state index is 12.5. The van der Waals surface area contributed by atoms with Gasteiger partial charge in [-0.05, 0) is 25.1 Å². The molecule has 1 aromatic carbocycles. The van der Waals surface area contributed by atoms with Crippen molar-refractivity contribution in [2.45, 2.75) is 24.8 Å². The summed E-state index contributed by atoms with van der Waals surface area (Å²) < 4.78 is 74.7. The molecule has 3 N–H and O–H groups in total. The highest BCUT2D eigenvalue weighted by Gasteiger charge is 2.54. The second-order valence-corrected chi connectivity index (χ2v) is 4.23. The number of amides is 1. The van der Waals surface area contributed by atoms with Crippen LogP contribution in [-0.2, 0) is 11.0 Å². The number of nitrogens with one attached hydrogen (secondary N) is 1. The van der Waals surface area contributed by atoms with Crippen molar-refractivity contribution >= 4 is 11.6 Å². The van der Waals surface area contributed by atoms with Crippen LogP contribution in [0.3, 0.4) is 0 Å². The van der Waals surface area contributed by atoms with Crippen molar-refractivity contribution in [2.24, 2.45) is 5.73 Å². The average Bonchev–Trinajstić information content (AvgIpc) is 2.26. The van der Waals surface area contributed by atoms with Gasteiger partial charge in [0, 0.05) is 5.69 Å². The van der Waals surface area contributed by atoms with Gasteiger partial charge in [-0.15, -0.1) is 0 Å². The van der Waals surface area contributed by atoms with E-state index in [2.05, 4.69) is 0 Å². The number of carbonyl (C=O) groups is 1. The van der Waals surface area contributed by atoms with Crippen LogP contribution in [0, 0.1) is 0 Å². The summed E-state index contributed by atoms with van der Waals surface area (Å²) in [5.74, 6) is -1.65. The highest BCUT2D eigenvalue weighted by Crippen LogP contribution is 2.32. The van der Waals surface area contributed by atoms with Gasteiger partial charge in [0.1, 0.15) is 0 Å². The van der Waals surface area contributed by atoms with E-state index in [0.29, 0.717) is 13.0 Å². The summed E-state index contributed by atoms with van der Waals surface area (Å²) in [4.78, 5) is 11.4. The van der Waals surface area contributed by atoms with E-state index in [1.165, 1.54) is 0 Å². The van der Waals surface area contributed by atoms with Crippen molar-refractivity contribution in [2.75, 3.05) is 5.32 Å². The van der Waals surface area contributed by atoms with Gasteiger partial charge in [0.15, 0.2) is 5.54 Å². The van der Waals surface area contributed by atoms with Gasteiger partial charge in [-0.2, -0.15) is 26.3 Å². The maximum absolute atomic E-state index is 12.5. The second-order valence-electron chi connectivity index (χ2n) is 4.23. The van der Waals surface area contributed by atoms with Crippen LogP contribution in [-0.4, -0.2) is 17.6 Å². The Bertz CT molecular complexity index is 506. The van der Waals surface area contributed by atoms with E-state index in [0.717, 1.165) is 18.2 Å². The van der Waals surface area contributed by atoms with Crippen LogP contribution in [0.5, 0.6) is 0 Å². The van der Waals surface area contributed by atoms with Crippen molar-refractivity contribution in [1.82, 2.24) is 0 Å². The Hall–Kier alpha value is -1.77. The number of hydrogen-bond acceptors (Lipinski definition) is 2. The fourth-order valence-corrected chi connectivity index (χ4v) is 1.16. The molecule has 0 fully saturated rings. The number of alkyl halides is 6. The summed E-state index contributed by atoms with van der Waals surface area (Å²) in [5, 5.41) is 1.72. The molecule has 0 radical (unpaired) electrons. The lowest BCUT2D eigenvalue weighted by molar-refractivity contribution is -0.184. The molecule has 1 amide bonds. The first-order chi connectivity index (χ1) is 8.85. The van der Waals surface area contributed by atoms with E-state index in [9.17, 15) is 31.1 Å². The third-order valence-electron chi connectivity index (χ3n) is 2.51. The number of anilines is 1. The smallest absolute Gasteiger partial charge is 0.324 e. The summed E-state index contributed by atoms with van der Waals surface area (Å²) in [6.07, 6.45) is -9.70. The van der Waals surface area contributed by atoms with Crippen LogP contribution in [0.15, 0.2) is 24.3 Å². The molecule has 20 heavy (non-hydrogen) atoms. The van der Waals surface area contributed by atoms with Gasteiger partial charge in [0.25, 0.3) is 5.91 Å². The summed E-state index contributed by atoms with van der Waals surface area (Å²) in [6, 6.07) is 3.23. The van der Waals surface area contributed by atoms with E-state index in [1.54, 1.807) is 5.32 Å². The largest absolute Gasteiger partial charge is 0.416 e. The Morgan fingerprint density at radius 1 is 1.15 bits per heavy atom. The number of halogens is 6. The zero-order valence-electron chi connectivity index (χ0n) is 10.1. The topological polar surface area (TPSA) is 55.1 Å².